The number of methoxy groups -OCH3 is 1. The van der Waals surface area contributed by atoms with Crippen molar-refractivity contribution in [1.82, 2.24) is 25.2 Å². The van der Waals surface area contributed by atoms with E-state index < -0.39 is 19.1 Å². The average molecular weight is 558 g/mol. The lowest BCUT2D eigenvalue weighted by atomic mass is 10.0. The minimum atomic E-state index is -3.20. The number of halogens is 3. The molecule has 0 aliphatic carbocycles. The number of hydrogen-bond donors (Lipinski definition) is 1. The van der Waals surface area contributed by atoms with Gasteiger partial charge >= 0.3 is 5.92 Å². The summed E-state index contributed by atoms with van der Waals surface area (Å²) in [5.74, 6) is -3.13. The number of alkyl halides is 2. The van der Waals surface area contributed by atoms with Gasteiger partial charge in [-0.2, -0.15) is 0 Å². The summed E-state index contributed by atoms with van der Waals surface area (Å²) >= 11 is 7.36. The Balaban J connectivity index is 1.50. The van der Waals surface area contributed by atoms with Crippen molar-refractivity contribution in [2.24, 2.45) is 0 Å². The van der Waals surface area contributed by atoms with Gasteiger partial charge in [0.05, 0.1) is 15.8 Å². The molecular formula is C24H30ClF2N5O4S. The largest absolute Gasteiger partial charge is 0.470 e. The zero-order valence-electron chi connectivity index (χ0n) is 20.9. The van der Waals surface area contributed by atoms with Gasteiger partial charge in [0, 0.05) is 44.4 Å². The molecule has 1 fully saturated rings. The van der Waals surface area contributed by atoms with Crippen LogP contribution in [0.4, 0.5) is 8.78 Å². The van der Waals surface area contributed by atoms with Gasteiger partial charge in [-0.3, -0.25) is 9.48 Å². The highest BCUT2D eigenvalue weighted by Crippen LogP contribution is 2.31. The monoisotopic (exact) mass is 557 g/mol. The Bertz CT molecular complexity index is 1190. The zero-order chi connectivity index (χ0) is 26.6. The molecule has 1 amide bonds. The summed E-state index contributed by atoms with van der Waals surface area (Å²) in [5.41, 5.74) is 0.679. The fraction of sp³-hybridized carbons (Fsp3) is 0.542. The van der Waals surface area contributed by atoms with Crippen LogP contribution in [0.2, 0.25) is 4.34 Å². The van der Waals surface area contributed by atoms with Crippen molar-refractivity contribution in [2.75, 3.05) is 33.4 Å². The van der Waals surface area contributed by atoms with Crippen molar-refractivity contribution in [3.63, 3.8) is 0 Å². The van der Waals surface area contributed by atoms with E-state index in [1.54, 1.807) is 12.1 Å². The Morgan fingerprint density at radius 1 is 1.30 bits per heavy atom. The van der Waals surface area contributed by atoms with Gasteiger partial charge in [-0.25, -0.2) is 8.78 Å². The number of carbonyl (C=O) groups is 1. The lowest BCUT2D eigenvalue weighted by Gasteiger charge is -2.34. The lowest BCUT2D eigenvalue weighted by Crippen LogP contribution is -2.46. The summed E-state index contributed by atoms with van der Waals surface area (Å²) in [6.07, 6.45) is 1.64. The molecule has 202 valence electrons. The molecule has 1 aliphatic rings. The molecule has 0 aromatic carbocycles. The number of likely N-dealkylation sites (tertiary alicyclic amines) is 1. The second-order valence-electron chi connectivity index (χ2n) is 9.27. The van der Waals surface area contributed by atoms with Crippen LogP contribution in [0.5, 0.6) is 5.88 Å². The van der Waals surface area contributed by atoms with Crippen LogP contribution in [0, 0.1) is 0 Å². The van der Waals surface area contributed by atoms with Crippen molar-refractivity contribution in [3.05, 3.63) is 40.0 Å². The lowest BCUT2D eigenvalue weighted by molar-refractivity contribution is -0.0918. The first-order valence-electron chi connectivity index (χ1n) is 12.0. The Morgan fingerprint density at radius 2 is 2.05 bits per heavy atom. The fourth-order valence-electron chi connectivity index (χ4n) is 4.12. The van der Waals surface area contributed by atoms with Gasteiger partial charge in [0.25, 0.3) is 5.91 Å². The van der Waals surface area contributed by atoms with E-state index in [9.17, 15) is 13.6 Å². The molecule has 0 bridgehead atoms. The van der Waals surface area contributed by atoms with Gasteiger partial charge in [-0.15, -0.1) is 16.4 Å². The van der Waals surface area contributed by atoms with Gasteiger partial charge in [0.1, 0.15) is 18.0 Å². The molecule has 1 N–H and O–H groups in total. The van der Waals surface area contributed by atoms with E-state index in [-0.39, 0.29) is 30.1 Å². The van der Waals surface area contributed by atoms with Crippen LogP contribution in [-0.2, 0) is 11.3 Å². The summed E-state index contributed by atoms with van der Waals surface area (Å²) in [6, 6.07) is 7.12. The molecule has 4 rings (SSSR count). The van der Waals surface area contributed by atoms with E-state index in [2.05, 4.69) is 39.1 Å². The number of amides is 1. The second kappa shape index (κ2) is 11.9. The van der Waals surface area contributed by atoms with E-state index in [4.69, 9.17) is 20.9 Å². The predicted molar refractivity (Wildman–Crippen MR) is 136 cm³/mol. The van der Waals surface area contributed by atoms with E-state index in [1.807, 2.05) is 6.07 Å². The topological polar surface area (TPSA) is 94.7 Å². The molecule has 1 saturated heterocycles. The molecule has 0 atom stereocenters. The number of carbonyl (C=O) groups excluding carboxylic acids is 1. The predicted octanol–water partition coefficient (Wildman–Crippen LogP) is 4.56. The second-order valence-corrected chi connectivity index (χ2v) is 11.0. The molecule has 0 saturated carbocycles. The third-order valence-corrected chi connectivity index (χ3v) is 7.30. The van der Waals surface area contributed by atoms with E-state index in [0.717, 1.165) is 30.8 Å². The zero-order valence-corrected chi connectivity index (χ0v) is 22.5. The molecule has 3 aromatic heterocycles. The van der Waals surface area contributed by atoms with Gasteiger partial charge in [-0.05, 0) is 38.8 Å². The van der Waals surface area contributed by atoms with Gasteiger partial charge in [0.2, 0.25) is 5.88 Å². The van der Waals surface area contributed by atoms with Crippen LogP contribution < -0.4 is 10.1 Å². The summed E-state index contributed by atoms with van der Waals surface area (Å²) < 4.78 is 45.0. The number of hydrogen-bond acceptors (Lipinski definition) is 8. The molecule has 0 unspecified atom stereocenters. The van der Waals surface area contributed by atoms with Crippen LogP contribution in [0.3, 0.4) is 0 Å². The van der Waals surface area contributed by atoms with Crippen molar-refractivity contribution >= 4 is 28.8 Å². The highest BCUT2D eigenvalue weighted by molar-refractivity contribution is 7.19. The molecule has 3 aromatic rings. The smallest absolute Gasteiger partial charge is 0.304 e. The van der Waals surface area contributed by atoms with Crippen LogP contribution in [-0.4, -0.2) is 77.2 Å². The van der Waals surface area contributed by atoms with Crippen molar-refractivity contribution in [1.29, 1.82) is 0 Å². The van der Waals surface area contributed by atoms with Gasteiger partial charge in [0.15, 0.2) is 12.4 Å². The number of nitrogens with zero attached hydrogens (tertiary/aromatic N) is 4. The van der Waals surface area contributed by atoms with Crippen molar-refractivity contribution < 1.29 is 27.6 Å². The number of aromatic nitrogens is 3. The van der Waals surface area contributed by atoms with Crippen LogP contribution in [0.1, 0.15) is 42.9 Å². The molecule has 4 heterocycles. The average Bonchev–Trinajstić information content (AvgIpc) is 3.58. The molecule has 1 aliphatic heterocycles. The normalized spacial score (nSPS) is 15.4. The SMILES string of the molecule is COCC(F)(F)COc1cc(C(=O)NC2CCN(C(C)C)CC2)n(Cc2cc(-c3ccc(Cl)s3)on2)n1. The Morgan fingerprint density at radius 3 is 2.70 bits per heavy atom. The third kappa shape index (κ3) is 7.28. The summed E-state index contributed by atoms with van der Waals surface area (Å²) in [4.78, 5) is 16.4. The molecular weight excluding hydrogens is 528 g/mol. The molecule has 13 heteroatoms. The molecule has 37 heavy (non-hydrogen) atoms. The number of nitrogens with one attached hydrogen (secondary N) is 1. The third-order valence-electron chi connectivity index (χ3n) is 6.06. The Labute approximate surface area is 222 Å². The van der Waals surface area contributed by atoms with E-state index in [0.29, 0.717) is 21.8 Å². The first-order chi connectivity index (χ1) is 17.6. The quantitative estimate of drug-likeness (QED) is 0.369. The molecule has 9 nitrogen and oxygen atoms in total. The highest BCUT2D eigenvalue weighted by Gasteiger charge is 2.31. The van der Waals surface area contributed by atoms with Crippen molar-refractivity contribution in [2.45, 2.75) is 51.2 Å². The minimum absolute atomic E-state index is 0.00323. The van der Waals surface area contributed by atoms with Crippen LogP contribution in [0.25, 0.3) is 10.6 Å². The van der Waals surface area contributed by atoms with Crippen LogP contribution in [0.15, 0.2) is 28.8 Å². The minimum Gasteiger partial charge on any atom is -0.470 e. The standard InChI is InChI=1S/C24H30ClF2N5O4S/c1-15(2)31-8-6-16(7-9-31)28-23(33)18-11-22(35-14-24(26,27)13-34-3)29-32(18)12-17-10-19(36-30-17)20-4-5-21(25)37-20/h4-5,10-11,15-16H,6-9,12-14H2,1-3H3,(H,28,33). The molecule has 0 spiro atoms. The van der Waals surface area contributed by atoms with E-state index in [1.165, 1.54) is 29.2 Å². The van der Waals surface area contributed by atoms with Crippen molar-refractivity contribution in [3.8, 4) is 16.5 Å². The van der Waals surface area contributed by atoms with Crippen LogP contribution >= 0.6 is 22.9 Å². The summed E-state index contributed by atoms with van der Waals surface area (Å²) in [5, 5.41) is 11.4. The number of rotatable bonds is 11. The van der Waals surface area contributed by atoms with Gasteiger partial charge in [-0.1, -0.05) is 16.8 Å². The fourth-order valence-corrected chi connectivity index (χ4v) is 5.11. The maximum Gasteiger partial charge on any atom is 0.304 e. The maximum atomic E-state index is 13.9. The first kappa shape index (κ1) is 27.5. The van der Waals surface area contributed by atoms with E-state index >= 15 is 0 Å². The maximum absolute atomic E-state index is 13.9. The van der Waals surface area contributed by atoms with Gasteiger partial charge < -0.3 is 24.2 Å². The Kier molecular flexibility index (Phi) is 8.83. The summed E-state index contributed by atoms with van der Waals surface area (Å²) in [6.45, 7) is 4.44. The number of thiophene rings is 1. The molecule has 0 radical (unpaired) electrons. The highest BCUT2D eigenvalue weighted by atomic mass is 35.5. The Hall–Kier alpha value is -2.54. The first-order valence-corrected chi connectivity index (χ1v) is 13.2. The number of ether oxygens (including phenoxy) is 2. The number of piperidine rings is 1. The summed E-state index contributed by atoms with van der Waals surface area (Å²) in [7, 11) is 1.19.